The van der Waals surface area contributed by atoms with Gasteiger partial charge in [0.25, 0.3) is 0 Å². The summed E-state index contributed by atoms with van der Waals surface area (Å²) in [6.07, 6.45) is -25.4. The Kier molecular flexibility index (Phi) is 9.39. The fraction of sp³-hybridized carbons (Fsp3) is 0.812. The van der Waals surface area contributed by atoms with Crippen LogP contribution in [0.3, 0.4) is 0 Å². The maximum atomic E-state index is 14.4. The first-order valence-electron chi connectivity index (χ1n) is 9.19. The summed E-state index contributed by atoms with van der Waals surface area (Å²) in [5, 5.41) is 0. The van der Waals surface area contributed by atoms with E-state index < -0.39 is 83.1 Å². The molecule has 256 valence electrons. The molecule has 0 aliphatic heterocycles. The largest absolute Gasteiger partial charge is 0.461 e. The van der Waals surface area contributed by atoms with Crippen molar-refractivity contribution in [1.82, 2.24) is 0 Å². The minimum absolute atomic E-state index is 0.0410. The molecule has 0 aliphatic rings. The predicted octanol–water partition coefficient (Wildman–Crippen LogP) is 8.61. The maximum Gasteiger partial charge on any atom is 0.461 e. The molecule has 0 aromatic carbocycles. The summed E-state index contributed by atoms with van der Waals surface area (Å²) >= 11 is 0. The molecule has 0 N–H and O–H groups in total. The van der Waals surface area contributed by atoms with Gasteiger partial charge in [-0.2, -0.15) is 105 Å². The Morgan fingerprint density at radius 1 is 0.419 bits per heavy atom. The van der Waals surface area contributed by atoms with E-state index in [9.17, 15) is 115 Å². The molecule has 0 saturated heterocycles. The summed E-state index contributed by atoms with van der Waals surface area (Å²) in [4.78, 5) is 11.1. The molecule has 0 amide bonds. The standard InChI is InChI=1S/C16H5F25O2/c1-3(2)4(42)43-13(32,12(30,31)16(39,40)41)11(28,29)10(26,27)9(24,25)8(22,23)7(20,21)6(18,19)5(17,14(33,34)35)15(36,37)38/h1H2,2H3. The SMILES string of the molecule is C=C(C)C(=O)OC(F)(C(F)(F)C(F)(F)F)C(F)(F)C(F)(F)C(F)(F)C(F)(F)C(F)(F)C(F)(F)C(F)(C(F)(F)F)C(F)(F)F. The molecule has 2 nitrogen and oxygen atoms in total. The molecule has 0 heterocycles. The van der Waals surface area contributed by atoms with Crippen LogP contribution in [0.15, 0.2) is 12.2 Å². The van der Waals surface area contributed by atoms with Gasteiger partial charge in [-0.15, -0.1) is 0 Å². The van der Waals surface area contributed by atoms with E-state index in [0.29, 0.717) is 0 Å². The number of hydrogen-bond acceptors (Lipinski definition) is 2. The first kappa shape index (κ1) is 40.5. The van der Waals surface area contributed by atoms with Crippen LogP contribution in [0, 0.1) is 0 Å². The second kappa shape index (κ2) is 9.98. The number of hydrogen-bond donors (Lipinski definition) is 0. The van der Waals surface area contributed by atoms with Crippen LogP contribution in [0.5, 0.6) is 0 Å². The van der Waals surface area contributed by atoms with Gasteiger partial charge in [-0.25, -0.2) is 9.18 Å². The molecule has 0 radical (unpaired) electrons. The lowest BCUT2D eigenvalue weighted by Crippen LogP contribution is -2.80. The molecule has 1 atom stereocenters. The summed E-state index contributed by atoms with van der Waals surface area (Å²) in [5.41, 5.74) is -11.1. The van der Waals surface area contributed by atoms with Gasteiger partial charge in [0.1, 0.15) is 0 Å². The van der Waals surface area contributed by atoms with Crippen molar-refractivity contribution >= 4 is 5.97 Å². The average molecular weight is 704 g/mol. The van der Waals surface area contributed by atoms with Gasteiger partial charge < -0.3 is 4.74 Å². The zero-order valence-electron chi connectivity index (χ0n) is 19.0. The van der Waals surface area contributed by atoms with E-state index in [1.165, 1.54) is 0 Å². The van der Waals surface area contributed by atoms with E-state index in [-0.39, 0.29) is 6.92 Å². The monoisotopic (exact) mass is 704 g/mol. The van der Waals surface area contributed by atoms with E-state index in [2.05, 4.69) is 11.3 Å². The van der Waals surface area contributed by atoms with Gasteiger partial charge in [0.15, 0.2) is 0 Å². The van der Waals surface area contributed by atoms with E-state index in [1.807, 2.05) is 0 Å². The minimum atomic E-state index is -9.73. The third kappa shape index (κ3) is 4.98. The zero-order valence-corrected chi connectivity index (χ0v) is 19.0. The first-order chi connectivity index (χ1) is 18.1. The lowest BCUT2D eigenvalue weighted by molar-refractivity contribution is -0.492. The molecule has 27 heteroatoms. The highest BCUT2D eigenvalue weighted by atomic mass is 19.4. The molecule has 0 saturated carbocycles. The second-order valence-electron chi connectivity index (χ2n) is 7.94. The van der Waals surface area contributed by atoms with Crippen LogP contribution in [-0.4, -0.2) is 77.5 Å². The summed E-state index contributed by atoms with van der Waals surface area (Å²) in [7, 11) is 0. The average Bonchev–Trinajstić information content (AvgIpc) is 2.74. The Morgan fingerprint density at radius 3 is 0.907 bits per heavy atom. The van der Waals surface area contributed by atoms with Crippen molar-refractivity contribution in [2.45, 2.75) is 78.4 Å². The molecule has 0 aliphatic carbocycles. The quantitative estimate of drug-likeness (QED) is 0.129. The molecule has 1 unspecified atom stereocenters. The highest BCUT2D eigenvalue weighted by Gasteiger charge is 3.01. The number of alkyl halides is 25. The molecule has 0 spiro atoms. The molecule has 43 heavy (non-hydrogen) atoms. The van der Waals surface area contributed by atoms with Crippen molar-refractivity contribution in [3.05, 3.63) is 12.2 Å². The van der Waals surface area contributed by atoms with Crippen molar-refractivity contribution in [3.63, 3.8) is 0 Å². The number of carbonyl (C=O) groups excluding carboxylic acids is 1. The van der Waals surface area contributed by atoms with Gasteiger partial charge in [0.2, 0.25) is 0 Å². The van der Waals surface area contributed by atoms with Crippen molar-refractivity contribution < 1.29 is 119 Å². The summed E-state index contributed by atoms with van der Waals surface area (Å²) in [6.45, 7) is 2.13. The van der Waals surface area contributed by atoms with Gasteiger partial charge in [-0.1, -0.05) is 6.58 Å². The Bertz CT molecular complexity index is 1060. The van der Waals surface area contributed by atoms with Gasteiger partial charge in [-0.3, -0.25) is 0 Å². The lowest BCUT2D eigenvalue weighted by Gasteiger charge is -2.47. The van der Waals surface area contributed by atoms with Crippen LogP contribution in [-0.2, 0) is 9.53 Å². The number of rotatable bonds is 10. The third-order valence-electron chi connectivity index (χ3n) is 4.93. The van der Waals surface area contributed by atoms with Crippen LogP contribution >= 0.6 is 0 Å². The summed E-state index contributed by atoms with van der Waals surface area (Å²) in [5.74, 6) is -78.0. The van der Waals surface area contributed by atoms with E-state index >= 15 is 0 Å². The third-order valence-corrected chi connectivity index (χ3v) is 4.93. The molecule has 0 rings (SSSR count). The van der Waals surface area contributed by atoms with E-state index in [0.717, 1.165) is 0 Å². The molecule has 0 fully saturated rings. The predicted molar refractivity (Wildman–Crippen MR) is 81.4 cm³/mol. The van der Waals surface area contributed by atoms with Crippen molar-refractivity contribution in [2.75, 3.05) is 0 Å². The molecule has 0 bridgehead atoms. The van der Waals surface area contributed by atoms with Gasteiger partial charge in [0, 0.05) is 5.57 Å². The fourth-order valence-corrected chi connectivity index (χ4v) is 2.45. The highest BCUT2D eigenvalue weighted by molar-refractivity contribution is 5.87. The number of esters is 1. The van der Waals surface area contributed by atoms with Crippen LogP contribution in [0.1, 0.15) is 6.92 Å². The number of halogens is 25. The molecule has 0 aromatic heterocycles. The molecular formula is C16H5F25O2. The number of ether oxygens (including phenoxy) is 1. The highest BCUT2D eigenvalue weighted by Crippen LogP contribution is 2.68. The first-order valence-corrected chi connectivity index (χ1v) is 9.19. The van der Waals surface area contributed by atoms with Gasteiger partial charge in [-0.05, 0) is 6.92 Å². The second-order valence-corrected chi connectivity index (χ2v) is 7.94. The lowest BCUT2D eigenvalue weighted by atomic mass is 9.82. The zero-order chi connectivity index (χ0) is 35.9. The van der Waals surface area contributed by atoms with Gasteiger partial charge >= 0.3 is 77.5 Å². The minimum Gasteiger partial charge on any atom is -0.413 e. The normalized spacial score (nSPS) is 17.4. The Balaban J connectivity index is 7.83. The fourth-order valence-electron chi connectivity index (χ4n) is 2.45. The molecular weight excluding hydrogens is 699 g/mol. The van der Waals surface area contributed by atoms with Crippen molar-refractivity contribution in [3.8, 4) is 0 Å². The van der Waals surface area contributed by atoms with Gasteiger partial charge in [0.05, 0.1) is 0 Å². The molecule has 0 aromatic rings. The number of carbonyl (C=O) groups is 1. The smallest absolute Gasteiger partial charge is 0.413 e. The van der Waals surface area contributed by atoms with Crippen LogP contribution in [0.25, 0.3) is 0 Å². The van der Waals surface area contributed by atoms with Crippen molar-refractivity contribution in [2.24, 2.45) is 0 Å². The maximum absolute atomic E-state index is 14.4. The Labute approximate surface area is 217 Å². The Hall–Kier alpha value is -2.54. The van der Waals surface area contributed by atoms with Crippen LogP contribution < -0.4 is 0 Å². The summed E-state index contributed by atoms with van der Waals surface area (Å²) < 4.78 is 335. The van der Waals surface area contributed by atoms with Crippen LogP contribution in [0.2, 0.25) is 0 Å². The summed E-state index contributed by atoms with van der Waals surface area (Å²) in [6, 6.07) is 0. The van der Waals surface area contributed by atoms with E-state index in [4.69, 9.17) is 0 Å². The Morgan fingerprint density at radius 2 is 0.674 bits per heavy atom. The topological polar surface area (TPSA) is 26.3 Å². The van der Waals surface area contributed by atoms with E-state index in [1.54, 1.807) is 0 Å². The van der Waals surface area contributed by atoms with Crippen LogP contribution in [0.4, 0.5) is 110 Å². The van der Waals surface area contributed by atoms with Crippen molar-refractivity contribution in [1.29, 1.82) is 0 Å².